The van der Waals surface area contributed by atoms with Crippen LogP contribution in [-0.2, 0) is 6.18 Å². The van der Waals surface area contributed by atoms with Crippen LogP contribution in [0.5, 0.6) is 0 Å². The SMILES string of the molecule is Cc1nn(-c2ccccn2)c2c1C(c1ccc(Cl)cc1)N1C(=N2)C(Nc2cccc(C(F)(F)F)c2)=Nc2ccccc21. The maximum absolute atomic E-state index is 13.5. The van der Waals surface area contributed by atoms with Gasteiger partial charge in [-0.2, -0.15) is 23.0 Å². The van der Waals surface area contributed by atoms with Crippen molar-refractivity contribution in [3.63, 3.8) is 0 Å². The number of halogens is 4. The Morgan fingerprint density at radius 2 is 1.67 bits per heavy atom. The zero-order chi connectivity index (χ0) is 29.0. The molecule has 0 spiro atoms. The quantitative estimate of drug-likeness (QED) is 0.233. The Morgan fingerprint density at radius 3 is 2.43 bits per heavy atom. The molecule has 0 saturated heterocycles. The third-order valence-corrected chi connectivity index (χ3v) is 7.39. The first-order valence-electron chi connectivity index (χ1n) is 13.0. The number of aromatic nitrogens is 3. The number of anilines is 2. The highest BCUT2D eigenvalue weighted by Gasteiger charge is 2.41. The number of hydrogen-bond donors (Lipinski definition) is 1. The maximum atomic E-state index is 13.5. The van der Waals surface area contributed by atoms with Gasteiger partial charge in [0.1, 0.15) is 0 Å². The van der Waals surface area contributed by atoms with Gasteiger partial charge in [0, 0.05) is 22.5 Å². The summed E-state index contributed by atoms with van der Waals surface area (Å²) >= 11 is 6.27. The molecule has 11 heteroatoms. The number of aliphatic imine (C=N–C) groups is 2. The van der Waals surface area contributed by atoms with Crippen LogP contribution in [0.1, 0.15) is 28.4 Å². The van der Waals surface area contributed by atoms with E-state index in [-0.39, 0.29) is 5.69 Å². The first kappa shape index (κ1) is 26.0. The van der Waals surface area contributed by atoms with Crippen LogP contribution >= 0.6 is 11.6 Å². The molecule has 0 fully saturated rings. The number of amidine groups is 2. The molecular formula is C31H21ClF3N7. The van der Waals surface area contributed by atoms with E-state index in [9.17, 15) is 13.2 Å². The van der Waals surface area contributed by atoms with Crippen LogP contribution in [-0.4, -0.2) is 26.4 Å². The molecule has 2 aromatic heterocycles. The summed E-state index contributed by atoms with van der Waals surface area (Å²) in [5, 5.41) is 8.54. The lowest BCUT2D eigenvalue weighted by atomic mass is 9.93. The molecule has 5 aromatic rings. The first-order chi connectivity index (χ1) is 20.3. The number of nitrogens with one attached hydrogen (secondary N) is 1. The molecular weight excluding hydrogens is 563 g/mol. The molecule has 1 N–H and O–H groups in total. The Labute approximate surface area is 243 Å². The fraction of sp³-hybridized carbons (Fsp3) is 0.0968. The Bertz CT molecular complexity index is 1880. The van der Waals surface area contributed by atoms with E-state index in [0.29, 0.717) is 34.0 Å². The van der Waals surface area contributed by atoms with Gasteiger partial charge in [-0.05, 0) is 67.1 Å². The Morgan fingerprint density at radius 1 is 0.881 bits per heavy atom. The minimum absolute atomic E-state index is 0.230. The summed E-state index contributed by atoms with van der Waals surface area (Å²) in [5.41, 5.74) is 3.44. The molecule has 2 aliphatic rings. The zero-order valence-corrected chi connectivity index (χ0v) is 22.8. The number of benzene rings is 3. The lowest BCUT2D eigenvalue weighted by Crippen LogP contribution is -2.46. The molecule has 3 aromatic carbocycles. The Kier molecular flexibility index (Phi) is 6.09. The van der Waals surface area contributed by atoms with E-state index >= 15 is 0 Å². The molecule has 0 aliphatic carbocycles. The number of fused-ring (bicyclic) bond motifs is 4. The molecule has 7 nitrogen and oxygen atoms in total. The summed E-state index contributed by atoms with van der Waals surface area (Å²) in [6, 6.07) is 25.3. The summed E-state index contributed by atoms with van der Waals surface area (Å²) in [5.74, 6) is 1.85. The second kappa shape index (κ2) is 9.85. The maximum Gasteiger partial charge on any atom is 0.416 e. The third-order valence-electron chi connectivity index (χ3n) is 7.14. The van der Waals surface area contributed by atoms with Crippen molar-refractivity contribution in [2.45, 2.75) is 19.1 Å². The number of alkyl halides is 3. The predicted octanol–water partition coefficient (Wildman–Crippen LogP) is 8.04. The van der Waals surface area contributed by atoms with Gasteiger partial charge in [0.25, 0.3) is 0 Å². The third kappa shape index (κ3) is 4.40. The fourth-order valence-electron chi connectivity index (χ4n) is 5.31. The number of nitrogens with zero attached hydrogens (tertiary/aromatic N) is 6. The van der Waals surface area contributed by atoms with E-state index in [0.717, 1.165) is 34.6 Å². The molecule has 1 unspecified atom stereocenters. The summed E-state index contributed by atoms with van der Waals surface area (Å²) in [4.78, 5) is 16.4. The number of hydrogen-bond acceptors (Lipinski definition) is 6. The smallest absolute Gasteiger partial charge is 0.337 e. The highest BCUT2D eigenvalue weighted by Crippen LogP contribution is 2.48. The van der Waals surface area contributed by atoms with Gasteiger partial charge in [0.05, 0.1) is 28.7 Å². The molecule has 0 saturated carbocycles. The normalized spacial score (nSPS) is 15.7. The van der Waals surface area contributed by atoms with E-state index in [2.05, 4.69) is 10.3 Å². The minimum Gasteiger partial charge on any atom is -0.337 e. The van der Waals surface area contributed by atoms with Crippen molar-refractivity contribution < 1.29 is 13.2 Å². The van der Waals surface area contributed by atoms with Crippen molar-refractivity contribution in [2.75, 3.05) is 10.2 Å². The van der Waals surface area contributed by atoms with Gasteiger partial charge in [-0.1, -0.05) is 48.0 Å². The number of rotatable bonds is 3. The molecule has 0 bridgehead atoms. The van der Waals surface area contributed by atoms with Crippen LogP contribution in [0.3, 0.4) is 0 Å². The van der Waals surface area contributed by atoms with Gasteiger partial charge in [0.2, 0.25) is 0 Å². The largest absolute Gasteiger partial charge is 0.416 e. The van der Waals surface area contributed by atoms with E-state index in [1.54, 1.807) is 16.9 Å². The summed E-state index contributed by atoms with van der Waals surface area (Å²) in [6.07, 6.45) is -2.81. The summed E-state index contributed by atoms with van der Waals surface area (Å²) in [7, 11) is 0. The monoisotopic (exact) mass is 583 g/mol. The van der Waals surface area contributed by atoms with E-state index in [4.69, 9.17) is 26.7 Å². The van der Waals surface area contributed by atoms with Crippen LogP contribution in [0.25, 0.3) is 5.82 Å². The average Bonchev–Trinajstić information content (AvgIpc) is 3.33. The standard InChI is InChI=1S/C31H21ClF3N7/c1-18-26-27(19-12-14-21(32)15-13-19)41-24-10-3-2-9-23(24)38-28(37-22-8-6-7-20(17-22)31(33,34)35)30(41)39-29(26)42(40-18)25-11-4-5-16-36-25/h2-17,27H,1H3,(H,37,38). The molecule has 0 radical (unpaired) electrons. The van der Waals surface area contributed by atoms with Crippen molar-refractivity contribution in [1.29, 1.82) is 0 Å². The molecule has 208 valence electrons. The van der Waals surface area contributed by atoms with Crippen molar-refractivity contribution in [3.05, 3.63) is 125 Å². The second-order valence-corrected chi connectivity index (χ2v) is 10.3. The van der Waals surface area contributed by atoms with Gasteiger partial charge in [-0.3, -0.25) is 0 Å². The molecule has 2 aliphatic heterocycles. The summed E-state index contributed by atoms with van der Waals surface area (Å²) < 4.78 is 42.3. The predicted molar refractivity (Wildman–Crippen MR) is 158 cm³/mol. The van der Waals surface area contributed by atoms with E-state index in [1.165, 1.54) is 6.07 Å². The fourth-order valence-corrected chi connectivity index (χ4v) is 5.43. The molecule has 7 rings (SSSR count). The van der Waals surface area contributed by atoms with Gasteiger partial charge in [0.15, 0.2) is 23.3 Å². The van der Waals surface area contributed by atoms with E-state index in [1.807, 2.05) is 78.6 Å². The van der Waals surface area contributed by atoms with Crippen LogP contribution in [0.15, 0.2) is 107 Å². The first-order valence-corrected chi connectivity index (χ1v) is 13.4. The van der Waals surface area contributed by atoms with Crippen molar-refractivity contribution in [3.8, 4) is 5.82 Å². The topological polar surface area (TPSA) is 70.7 Å². The number of aryl methyl sites for hydroxylation is 1. The Balaban J connectivity index is 1.47. The van der Waals surface area contributed by atoms with Crippen LogP contribution in [0, 0.1) is 6.92 Å². The van der Waals surface area contributed by atoms with Gasteiger partial charge in [-0.15, -0.1) is 0 Å². The van der Waals surface area contributed by atoms with Crippen molar-refractivity contribution in [2.24, 2.45) is 9.98 Å². The molecule has 4 heterocycles. The Hall–Kier alpha value is -4.96. The van der Waals surface area contributed by atoms with Crippen molar-refractivity contribution in [1.82, 2.24) is 14.8 Å². The summed E-state index contributed by atoms with van der Waals surface area (Å²) in [6.45, 7) is 1.92. The van der Waals surface area contributed by atoms with Crippen LogP contribution < -0.4 is 10.2 Å². The molecule has 42 heavy (non-hydrogen) atoms. The van der Waals surface area contributed by atoms with Gasteiger partial charge < -0.3 is 10.2 Å². The minimum atomic E-state index is -4.49. The van der Waals surface area contributed by atoms with Crippen LogP contribution in [0.2, 0.25) is 5.02 Å². The highest BCUT2D eigenvalue weighted by atomic mass is 35.5. The lowest BCUT2D eigenvalue weighted by molar-refractivity contribution is -0.137. The second-order valence-electron chi connectivity index (χ2n) is 9.83. The van der Waals surface area contributed by atoms with Gasteiger partial charge in [-0.25, -0.2) is 15.0 Å². The van der Waals surface area contributed by atoms with Crippen molar-refractivity contribution >= 4 is 46.2 Å². The molecule has 1 atom stereocenters. The number of pyridine rings is 1. The number of para-hydroxylation sites is 2. The lowest BCUT2D eigenvalue weighted by Gasteiger charge is -2.40. The van der Waals surface area contributed by atoms with E-state index < -0.39 is 17.8 Å². The van der Waals surface area contributed by atoms with Crippen LogP contribution in [0.4, 0.5) is 36.1 Å². The average molecular weight is 584 g/mol. The van der Waals surface area contributed by atoms with Gasteiger partial charge >= 0.3 is 6.18 Å². The highest BCUT2D eigenvalue weighted by molar-refractivity contribution is 6.51. The zero-order valence-electron chi connectivity index (χ0n) is 22.0. The molecule has 0 amide bonds.